The molecule has 0 radical (unpaired) electrons. The lowest BCUT2D eigenvalue weighted by molar-refractivity contribution is -0.142. The summed E-state index contributed by atoms with van der Waals surface area (Å²) >= 11 is 9.09. The minimum Gasteiger partial charge on any atom is -0.480 e. The van der Waals surface area contributed by atoms with Gasteiger partial charge in [0, 0.05) is 37.4 Å². The second-order valence-corrected chi connectivity index (χ2v) is 15.1. The van der Waals surface area contributed by atoms with E-state index < -0.39 is 12.0 Å². The average molecular weight is 711 g/mol. The number of halogens is 2. The van der Waals surface area contributed by atoms with Crippen molar-refractivity contribution in [3.05, 3.63) is 42.8 Å². The normalized spacial score (nSPS) is 28.6. The number of benzene rings is 1. The second kappa shape index (κ2) is 12.1. The monoisotopic (exact) mass is 708 g/mol. The summed E-state index contributed by atoms with van der Waals surface area (Å²) in [6.07, 6.45) is 7.84. The molecule has 3 aliphatic rings. The van der Waals surface area contributed by atoms with Crippen LogP contribution in [0.1, 0.15) is 79.0 Å². The number of aliphatic carboxylic acids is 1. The molecule has 11 heteroatoms. The van der Waals surface area contributed by atoms with Gasteiger partial charge in [-0.25, -0.2) is 4.98 Å². The molecule has 3 aliphatic carbocycles. The Hall–Kier alpha value is -1.82. The van der Waals surface area contributed by atoms with Crippen molar-refractivity contribution in [1.29, 1.82) is 0 Å². The number of carboxylic acids is 1. The van der Waals surface area contributed by atoms with Gasteiger partial charge < -0.3 is 15.3 Å². The summed E-state index contributed by atoms with van der Waals surface area (Å²) in [6, 6.07) is 1.44. The smallest absolute Gasteiger partial charge is 0.325 e. The van der Waals surface area contributed by atoms with Gasteiger partial charge in [0.25, 0.3) is 0 Å². The number of anilines is 1. The van der Waals surface area contributed by atoms with Crippen molar-refractivity contribution in [1.82, 2.24) is 9.88 Å². The second-order valence-electron chi connectivity index (χ2n) is 12.2. The van der Waals surface area contributed by atoms with E-state index in [2.05, 4.69) is 60.3 Å². The quantitative estimate of drug-likeness (QED) is 0.282. The van der Waals surface area contributed by atoms with Gasteiger partial charge in [-0.3, -0.25) is 14.5 Å². The molecule has 41 heavy (non-hydrogen) atoms. The van der Waals surface area contributed by atoms with Crippen LogP contribution >= 0.6 is 43.2 Å². The van der Waals surface area contributed by atoms with Gasteiger partial charge in [0.05, 0.1) is 5.71 Å². The third-order valence-corrected chi connectivity index (χ3v) is 12.1. The van der Waals surface area contributed by atoms with Crippen molar-refractivity contribution < 1.29 is 19.5 Å². The Morgan fingerprint density at radius 2 is 2.10 bits per heavy atom. The lowest BCUT2D eigenvalue weighted by Gasteiger charge is -2.50. The Morgan fingerprint density at radius 3 is 2.73 bits per heavy atom. The van der Waals surface area contributed by atoms with Gasteiger partial charge in [-0.05, 0) is 100 Å². The molecule has 4 unspecified atom stereocenters. The minimum atomic E-state index is -0.869. The first kappa shape index (κ1) is 30.6. The van der Waals surface area contributed by atoms with Gasteiger partial charge in [-0.1, -0.05) is 43.9 Å². The predicted molar refractivity (Wildman–Crippen MR) is 169 cm³/mol. The number of nitrogens with zero attached hydrogens (tertiary/aromatic N) is 3. The van der Waals surface area contributed by atoms with Crippen molar-refractivity contribution in [2.75, 3.05) is 26.5 Å². The van der Waals surface area contributed by atoms with E-state index in [9.17, 15) is 14.7 Å². The number of rotatable bonds is 8. The van der Waals surface area contributed by atoms with E-state index in [4.69, 9.17) is 4.84 Å². The van der Waals surface area contributed by atoms with Crippen LogP contribution in [-0.4, -0.2) is 53.8 Å². The summed E-state index contributed by atoms with van der Waals surface area (Å²) in [5.74, 6) is 0.694. The molecule has 1 aromatic heterocycles. The fourth-order valence-electron chi connectivity index (χ4n) is 8.03. The number of carboxylic acid groups (broad SMARTS) is 1. The third-order valence-electron chi connectivity index (χ3n) is 9.66. The predicted octanol–water partition coefficient (Wildman–Crippen LogP) is 7.17. The molecule has 2 saturated carbocycles. The highest BCUT2D eigenvalue weighted by atomic mass is 79.9. The van der Waals surface area contributed by atoms with Crippen LogP contribution in [-0.2, 0) is 20.8 Å². The van der Waals surface area contributed by atoms with Gasteiger partial charge in [-0.2, -0.15) is 0 Å². The van der Waals surface area contributed by atoms with Crippen LogP contribution in [0.5, 0.6) is 0 Å². The first-order chi connectivity index (χ1) is 19.5. The Balaban J connectivity index is 1.44. The number of carbonyl (C=O) groups excluding carboxylic acids is 1. The standard InChI is InChI=1S/C30H38Br2N4O4S/c1-15-14-33-29(41-15)34-23(37)9-6-16-12-22(35-40-5)30(2)11-10-17-18(25(16)30)7-8-19-20(17)13-21(31)24(26(19)32)27(28(38)39)36(3)4/h13-14,16-18,25,27H,6-12H2,1-5H3,(H,38,39)(H,33,34,37)/b35-22-/t16-,17?,18?,25?,27?,30-/m1/s1. The molecule has 0 aliphatic heterocycles. The van der Waals surface area contributed by atoms with Crippen molar-refractivity contribution in [2.45, 2.75) is 70.8 Å². The zero-order chi connectivity index (χ0) is 29.6. The van der Waals surface area contributed by atoms with Gasteiger partial charge in [-0.15, -0.1) is 11.3 Å². The highest BCUT2D eigenvalue weighted by Gasteiger charge is 2.58. The van der Waals surface area contributed by atoms with E-state index in [1.165, 1.54) is 22.5 Å². The van der Waals surface area contributed by atoms with Gasteiger partial charge in [0.2, 0.25) is 5.91 Å². The summed E-state index contributed by atoms with van der Waals surface area (Å²) in [5, 5.41) is 18.2. The zero-order valence-corrected chi connectivity index (χ0v) is 28.2. The Morgan fingerprint density at radius 1 is 1.34 bits per heavy atom. The summed E-state index contributed by atoms with van der Waals surface area (Å²) in [6.45, 7) is 4.33. The molecule has 1 amide bonds. The van der Waals surface area contributed by atoms with E-state index in [1.807, 2.05) is 6.92 Å². The maximum atomic E-state index is 12.9. The number of hydrogen-bond acceptors (Lipinski definition) is 7. The number of carbonyl (C=O) groups is 2. The summed E-state index contributed by atoms with van der Waals surface area (Å²) in [4.78, 5) is 37.5. The lowest BCUT2D eigenvalue weighted by atomic mass is 9.54. The number of oxime groups is 1. The van der Waals surface area contributed by atoms with Crippen LogP contribution in [0.25, 0.3) is 0 Å². The third kappa shape index (κ3) is 5.63. The molecule has 2 aromatic rings. The molecule has 222 valence electrons. The number of amides is 1. The molecule has 8 nitrogen and oxygen atoms in total. The van der Waals surface area contributed by atoms with Crippen molar-refractivity contribution in [3.8, 4) is 0 Å². The Bertz CT molecular complexity index is 1380. The van der Waals surface area contributed by atoms with Gasteiger partial charge in [0.1, 0.15) is 13.2 Å². The summed E-state index contributed by atoms with van der Waals surface area (Å²) < 4.78 is 1.74. The lowest BCUT2D eigenvalue weighted by Crippen LogP contribution is -2.44. The highest BCUT2D eigenvalue weighted by Crippen LogP contribution is 2.63. The molecule has 2 N–H and O–H groups in total. The van der Waals surface area contributed by atoms with E-state index in [0.717, 1.165) is 63.6 Å². The summed E-state index contributed by atoms with van der Waals surface area (Å²) in [5.41, 5.74) is 4.40. The van der Waals surface area contributed by atoms with Crippen LogP contribution in [0.15, 0.2) is 26.4 Å². The number of fused-ring (bicyclic) bond motifs is 5. The van der Waals surface area contributed by atoms with Crippen LogP contribution < -0.4 is 5.32 Å². The maximum absolute atomic E-state index is 12.9. The van der Waals surface area contributed by atoms with Crippen LogP contribution in [0.3, 0.4) is 0 Å². The van der Waals surface area contributed by atoms with Crippen molar-refractivity contribution in [3.63, 3.8) is 0 Å². The highest BCUT2D eigenvalue weighted by molar-refractivity contribution is 9.11. The van der Waals surface area contributed by atoms with Crippen molar-refractivity contribution >= 4 is 65.9 Å². The fourth-order valence-corrected chi connectivity index (χ4v) is 10.5. The Kier molecular flexibility index (Phi) is 9.00. The Labute approximate surface area is 262 Å². The molecule has 6 atom stereocenters. The SMILES string of the molecule is CO/N=C1/C[C@@H](CCC(=O)Nc2ncc(C)s2)C2C3CCc4c(cc(Br)c(C(C(=O)O)N(C)C)c4Br)C3CC[C@]12C. The molecule has 0 bridgehead atoms. The van der Waals surface area contributed by atoms with E-state index in [0.29, 0.717) is 35.2 Å². The maximum Gasteiger partial charge on any atom is 0.325 e. The first-order valence-electron chi connectivity index (χ1n) is 14.2. The molecule has 5 rings (SSSR count). The van der Waals surface area contributed by atoms with Crippen molar-refractivity contribution in [2.24, 2.45) is 28.3 Å². The number of thiazole rings is 1. The molecule has 0 spiro atoms. The van der Waals surface area contributed by atoms with Gasteiger partial charge >= 0.3 is 5.97 Å². The van der Waals surface area contributed by atoms with E-state index >= 15 is 0 Å². The minimum absolute atomic E-state index is 0.00815. The molecule has 1 aromatic carbocycles. The average Bonchev–Trinajstić information content (AvgIpc) is 3.44. The number of aryl methyl sites for hydroxylation is 1. The topological polar surface area (TPSA) is 104 Å². The largest absolute Gasteiger partial charge is 0.480 e. The molecular weight excluding hydrogens is 672 g/mol. The number of likely N-dealkylation sites (N-methyl/N-ethyl adjacent to an activating group) is 1. The van der Waals surface area contributed by atoms with Crippen LogP contribution in [0.4, 0.5) is 5.13 Å². The number of nitrogens with one attached hydrogen (secondary N) is 1. The van der Waals surface area contributed by atoms with E-state index in [1.54, 1.807) is 32.3 Å². The van der Waals surface area contributed by atoms with Crippen LogP contribution in [0.2, 0.25) is 0 Å². The molecular formula is C30H38Br2N4O4S. The van der Waals surface area contributed by atoms with E-state index in [-0.39, 0.29) is 11.3 Å². The fraction of sp³-hybridized carbons (Fsp3) is 0.600. The molecule has 0 saturated heterocycles. The molecule has 2 fully saturated rings. The number of aromatic nitrogens is 1. The molecule has 1 heterocycles. The van der Waals surface area contributed by atoms with Crippen LogP contribution in [0, 0.1) is 30.1 Å². The van der Waals surface area contributed by atoms with Gasteiger partial charge in [0.15, 0.2) is 5.13 Å². The zero-order valence-electron chi connectivity index (χ0n) is 24.2. The summed E-state index contributed by atoms with van der Waals surface area (Å²) in [7, 11) is 5.22. The first-order valence-corrected chi connectivity index (χ1v) is 16.6. The number of hydrogen-bond donors (Lipinski definition) is 2.